The zero-order chi connectivity index (χ0) is 5.11. The fourth-order valence-corrected chi connectivity index (χ4v) is 0.398. The Bertz CT molecular complexity index is 138. The molecule has 0 atom stereocenters. The molecule has 0 N–H and O–H groups in total. The van der Waals surface area contributed by atoms with Crippen molar-refractivity contribution < 1.29 is 17.4 Å². The number of rotatable bonds is 0. The van der Waals surface area contributed by atoms with E-state index in [1.807, 2.05) is 18.2 Å². The van der Waals surface area contributed by atoms with Crippen LogP contribution in [-0.2, 0) is 17.4 Å². The van der Waals surface area contributed by atoms with E-state index < -0.39 is 0 Å². The fraction of sp³-hybridized carbons (Fsp3) is 0. The molecule has 0 unspecified atom stereocenters. The molecule has 1 rings (SSSR count). The molecular weight excluding hydrogens is 138 g/mol. The summed E-state index contributed by atoms with van der Waals surface area (Å²) >= 11 is 0. The van der Waals surface area contributed by atoms with Crippen molar-refractivity contribution >= 4 is 0 Å². The number of pyridine rings is 1. The zero-order valence-electron chi connectivity index (χ0n) is 4.37. The number of hydrogen-bond donors (Lipinski definition) is 0. The third kappa shape index (κ3) is 2.02. The Balaban J connectivity index is 0.000000490. The van der Waals surface area contributed by atoms with Gasteiger partial charge in [0.25, 0.3) is 0 Å². The van der Waals surface area contributed by atoms with Crippen molar-refractivity contribution in [2.45, 2.75) is 0 Å². The summed E-state index contributed by atoms with van der Waals surface area (Å²) in [6.45, 7) is 3.61. The largest absolute Gasteiger partial charge is 0.296 e. The summed E-state index contributed by atoms with van der Waals surface area (Å²) in [6.07, 6.45) is 1.72. The molecule has 42 valence electrons. The Morgan fingerprint density at radius 3 is 2.38 bits per heavy atom. The standard InChI is InChI=1S/C6H6N.Cr/c1-6-4-2-3-5-7-6;/h2-5H,1H2;/q-1;. The SMILES string of the molecule is [CH2-]c1ccccn1.[Cr]. The number of nitrogens with zero attached hydrogens (tertiary/aromatic N) is 1. The summed E-state index contributed by atoms with van der Waals surface area (Å²) in [4.78, 5) is 3.87. The van der Waals surface area contributed by atoms with Crippen molar-refractivity contribution in [2.75, 3.05) is 0 Å². The van der Waals surface area contributed by atoms with Crippen LogP contribution in [0.15, 0.2) is 24.4 Å². The molecule has 0 aliphatic heterocycles. The Morgan fingerprint density at radius 2 is 2.12 bits per heavy atom. The first-order valence-electron chi connectivity index (χ1n) is 2.12. The first kappa shape index (κ1) is 7.55. The van der Waals surface area contributed by atoms with Crippen molar-refractivity contribution in [3.05, 3.63) is 37.0 Å². The van der Waals surface area contributed by atoms with Crippen molar-refractivity contribution in [3.8, 4) is 0 Å². The van der Waals surface area contributed by atoms with Gasteiger partial charge in [-0.15, -0.1) is 11.8 Å². The van der Waals surface area contributed by atoms with Crippen LogP contribution in [0.5, 0.6) is 0 Å². The summed E-state index contributed by atoms with van der Waals surface area (Å²) in [7, 11) is 0. The van der Waals surface area contributed by atoms with Crippen LogP contribution in [0.3, 0.4) is 0 Å². The predicted molar refractivity (Wildman–Crippen MR) is 28.7 cm³/mol. The molecule has 0 bridgehead atoms. The molecule has 0 saturated heterocycles. The Morgan fingerprint density at radius 1 is 1.38 bits per heavy atom. The summed E-state index contributed by atoms with van der Waals surface area (Å²) in [5.74, 6) is 0. The maximum Gasteiger partial charge on any atom is 0.0222 e. The monoisotopic (exact) mass is 144 g/mol. The first-order valence-corrected chi connectivity index (χ1v) is 2.12. The van der Waals surface area contributed by atoms with Gasteiger partial charge in [0, 0.05) is 23.6 Å². The van der Waals surface area contributed by atoms with E-state index in [1.54, 1.807) is 6.20 Å². The van der Waals surface area contributed by atoms with Gasteiger partial charge in [-0.2, -0.15) is 6.07 Å². The Kier molecular flexibility index (Phi) is 3.34. The van der Waals surface area contributed by atoms with E-state index in [1.165, 1.54) is 0 Å². The van der Waals surface area contributed by atoms with Crippen LogP contribution < -0.4 is 0 Å². The van der Waals surface area contributed by atoms with Crippen molar-refractivity contribution in [2.24, 2.45) is 0 Å². The van der Waals surface area contributed by atoms with Gasteiger partial charge >= 0.3 is 0 Å². The Labute approximate surface area is 59.9 Å². The minimum absolute atomic E-state index is 0. The molecule has 8 heavy (non-hydrogen) atoms. The molecule has 2 heteroatoms. The predicted octanol–water partition coefficient (Wildman–Crippen LogP) is 1.26. The van der Waals surface area contributed by atoms with Crippen molar-refractivity contribution in [1.82, 2.24) is 4.98 Å². The molecule has 0 spiro atoms. The summed E-state index contributed by atoms with van der Waals surface area (Å²) in [6, 6.07) is 5.64. The van der Waals surface area contributed by atoms with Crippen LogP contribution in [-0.4, -0.2) is 4.98 Å². The van der Waals surface area contributed by atoms with Gasteiger partial charge in [0.1, 0.15) is 0 Å². The maximum atomic E-state index is 3.87. The number of aromatic nitrogens is 1. The molecule has 0 saturated carbocycles. The molecule has 1 aromatic rings. The molecule has 0 radical (unpaired) electrons. The molecular formula is C6H6CrN-. The topological polar surface area (TPSA) is 12.9 Å². The average molecular weight is 144 g/mol. The van der Waals surface area contributed by atoms with E-state index in [-0.39, 0.29) is 17.4 Å². The van der Waals surface area contributed by atoms with E-state index in [2.05, 4.69) is 11.9 Å². The second kappa shape index (κ2) is 3.54. The first-order chi connectivity index (χ1) is 3.39. The van der Waals surface area contributed by atoms with E-state index in [4.69, 9.17) is 0 Å². The maximum absolute atomic E-state index is 3.87. The minimum atomic E-state index is 0. The van der Waals surface area contributed by atoms with Gasteiger partial charge < -0.3 is 0 Å². The van der Waals surface area contributed by atoms with Crippen LogP contribution in [0.2, 0.25) is 0 Å². The molecule has 1 aromatic heterocycles. The molecule has 1 nitrogen and oxygen atoms in total. The quantitative estimate of drug-likeness (QED) is 0.499. The summed E-state index contributed by atoms with van der Waals surface area (Å²) < 4.78 is 0. The van der Waals surface area contributed by atoms with Gasteiger partial charge in [-0.25, -0.2) is 6.92 Å². The Hall–Kier alpha value is -0.448. The van der Waals surface area contributed by atoms with E-state index in [9.17, 15) is 0 Å². The van der Waals surface area contributed by atoms with Crippen molar-refractivity contribution in [1.29, 1.82) is 0 Å². The van der Waals surface area contributed by atoms with Crippen LogP contribution in [0, 0.1) is 6.92 Å². The zero-order valence-corrected chi connectivity index (χ0v) is 5.65. The third-order valence-corrected chi connectivity index (χ3v) is 0.726. The van der Waals surface area contributed by atoms with Gasteiger partial charge in [0.15, 0.2) is 0 Å². The van der Waals surface area contributed by atoms with Crippen LogP contribution in [0.4, 0.5) is 0 Å². The fourth-order valence-electron chi connectivity index (χ4n) is 0.398. The van der Waals surface area contributed by atoms with Crippen LogP contribution >= 0.6 is 0 Å². The average Bonchev–Trinajstić information content (AvgIpc) is 1.69. The minimum Gasteiger partial charge on any atom is -0.296 e. The molecule has 1 heterocycles. The summed E-state index contributed by atoms with van der Waals surface area (Å²) in [5, 5.41) is 0. The molecule has 0 aromatic carbocycles. The smallest absolute Gasteiger partial charge is 0.0222 e. The molecule has 0 fully saturated rings. The van der Waals surface area contributed by atoms with Crippen molar-refractivity contribution in [3.63, 3.8) is 0 Å². The van der Waals surface area contributed by atoms with Gasteiger partial charge in [0.05, 0.1) is 0 Å². The third-order valence-electron chi connectivity index (χ3n) is 0.726. The second-order valence-electron chi connectivity index (χ2n) is 1.32. The van der Waals surface area contributed by atoms with E-state index in [0.29, 0.717) is 0 Å². The van der Waals surface area contributed by atoms with E-state index in [0.717, 1.165) is 5.69 Å². The molecule has 0 aliphatic carbocycles. The second-order valence-corrected chi connectivity index (χ2v) is 1.32. The van der Waals surface area contributed by atoms with E-state index >= 15 is 0 Å². The van der Waals surface area contributed by atoms with Gasteiger partial charge in [-0.1, -0.05) is 6.07 Å². The normalized spacial score (nSPS) is 7.50. The summed E-state index contributed by atoms with van der Waals surface area (Å²) in [5.41, 5.74) is 0.822. The van der Waals surface area contributed by atoms with Crippen LogP contribution in [0.1, 0.15) is 5.69 Å². The number of hydrogen-bond acceptors (Lipinski definition) is 1. The van der Waals surface area contributed by atoms with Crippen LogP contribution in [0.25, 0.3) is 0 Å². The molecule has 0 aliphatic rings. The van der Waals surface area contributed by atoms with Gasteiger partial charge in [-0.05, 0) is 0 Å². The van der Waals surface area contributed by atoms with Gasteiger partial charge in [0.2, 0.25) is 0 Å². The van der Waals surface area contributed by atoms with Gasteiger partial charge in [-0.3, -0.25) is 4.98 Å². The molecule has 0 amide bonds.